The van der Waals surface area contributed by atoms with Crippen LogP contribution >= 0.6 is 0 Å². The lowest BCUT2D eigenvalue weighted by molar-refractivity contribution is -0.146. The minimum atomic E-state index is -1.55. The Labute approximate surface area is 100 Å². The van der Waals surface area contributed by atoms with Gasteiger partial charge in [-0.25, -0.2) is 9.59 Å². The van der Waals surface area contributed by atoms with E-state index in [9.17, 15) is 9.59 Å². The standard InChI is InChI=1S/C11H20N2O4/c1-7-3-2-4-8(5-7)13-11(17)12-6-9(14)10(15)16/h7-9,14H,2-6H2,1H3,(H,15,16)(H2,12,13,17). The van der Waals surface area contributed by atoms with E-state index < -0.39 is 18.1 Å². The first kappa shape index (κ1) is 13.8. The number of carbonyl (C=O) groups is 2. The van der Waals surface area contributed by atoms with Crippen molar-refractivity contribution in [3.63, 3.8) is 0 Å². The molecule has 0 heterocycles. The molecule has 1 aliphatic carbocycles. The second-order valence-corrected chi connectivity index (χ2v) is 4.68. The summed E-state index contributed by atoms with van der Waals surface area (Å²) in [7, 11) is 0. The van der Waals surface area contributed by atoms with Gasteiger partial charge in [-0.15, -0.1) is 0 Å². The van der Waals surface area contributed by atoms with E-state index >= 15 is 0 Å². The molecule has 3 unspecified atom stereocenters. The maximum absolute atomic E-state index is 11.4. The van der Waals surface area contributed by atoms with E-state index in [0.717, 1.165) is 19.3 Å². The summed E-state index contributed by atoms with van der Waals surface area (Å²) >= 11 is 0. The van der Waals surface area contributed by atoms with E-state index in [4.69, 9.17) is 10.2 Å². The molecular formula is C11H20N2O4. The highest BCUT2D eigenvalue weighted by molar-refractivity contribution is 5.76. The molecule has 98 valence electrons. The number of amides is 2. The molecule has 0 saturated heterocycles. The van der Waals surface area contributed by atoms with Crippen LogP contribution in [0, 0.1) is 5.92 Å². The minimum absolute atomic E-state index is 0.153. The maximum Gasteiger partial charge on any atom is 0.334 e. The number of hydrogen-bond donors (Lipinski definition) is 4. The van der Waals surface area contributed by atoms with Gasteiger partial charge in [0, 0.05) is 6.04 Å². The number of carbonyl (C=O) groups excluding carboxylic acids is 1. The maximum atomic E-state index is 11.4. The van der Waals surface area contributed by atoms with Crippen molar-refractivity contribution in [2.24, 2.45) is 5.92 Å². The van der Waals surface area contributed by atoms with E-state index in [-0.39, 0.29) is 12.6 Å². The van der Waals surface area contributed by atoms with Crippen LogP contribution in [0.5, 0.6) is 0 Å². The number of carboxylic acids is 1. The molecule has 6 nitrogen and oxygen atoms in total. The molecule has 1 fully saturated rings. The van der Waals surface area contributed by atoms with Crippen molar-refractivity contribution < 1.29 is 19.8 Å². The summed E-state index contributed by atoms with van der Waals surface area (Å²) in [5.74, 6) is -0.727. The molecule has 17 heavy (non-hydrogen) atoms. The first-order chi connectivity index (χ1) is 7.99. The molecule has 0 radical (unpaired) electrons. The van der Waals surface area contributed by atoms with Crippen LogP contribution in [0.25, 0.3) is 0 Å². The van der Waals surface area contributed by atoms with E-state index in [1.807, 2.05) is 0 Å². The predicted octanol–water partition coefficient (Wildman–Crippen LogP) is 0.310. The van der Waals surface area contributed by atoms with Gasteiger partial charge in [0.25, 0.3) is 0 Å². The number of nitrogens with one attached hydrogen (secondary N) is 2. The van der Waals surface area contributed by atoms with Gasteiger partial charge in [0.15, 0.2) is 6.10 Å². The summed E-state index contributed by atoms with van der Waals surface area (Å²) in [5.41, 5.74) is 0. The second-order valence-electron chi connectivity index (χ2n) is 4.68. The van der Waals surface area contributed by atoms with Crippen LogP contribution in [0.1, 0.15) is 32.6 Å². The van der Waals surface area contributed by atoms with Gasteiger partial charge in [0.2, 0.25) is 0 Å². The van der Waals surface area contributed by atoms with Crippen LogP contribution in [0.2, 0.25) is 0 Å². The van der Waals surface area contributed by atoms with Crippen molar-refractivity contribution in [2.45, 2.75) is 44.8 Å². The Hall–Kier alpha value is -1.30. The van der Waals surface area contributed by atoms with Gasteiger partial charge < -0.3 is 20.8 Å². The molecular weight excluding hydrogens is 224 g/mol. The molecule has 4 N–H and O–H groups in total. The van der Waals surface area contributed by atoms with Crippen LogP contribution in [-0.4, -0.2) is 40.9 Å². The van der Waals surface area contributed by atoms with Crippen LogP contribution in [-0.2, 0) is 4.79 Å². The number of rotatable bonds is 4. The zero-order valence-electron chi connectivity index (χ0n) is 9.98. The zero-order chi connectivity index (χ0) is 12.8. The monoisotopic (exact) mass is 244 g/mol. The molecule has 2 amide bonds. The molecule has 0 spiro atoms. The van der Waals surface area contributed by atoms with Crippen molar-refractivity contribution in [1.29, 1.82) is 0 Å². The highest BCUT2D eigenvalue weighted by atomic mass is 16.4. The van der Waals surface area contributed by atoms with E-state index in [1.165, 1.54) is 6.42 Å². The summed E-state index contributed by atoms with van der Waals surface area (Å²) in [6, 6.07) is -0.259. The van der Waals surface area contributed by atoms with Crippen molar-refractivity contribution in [3.8, 4) is 0 Å². The summed E-state index contributed by atoms with van der Waals surface area (Å²) in [5, 5.41) is 22.5. The fourth-order valence-corrected chi connectivity index (χ4v) is 2.08. The summed E-state index contributed by atoms with van der Waals surface area (Å²) in [6.45, 7) is 1.88. The van der Waals surface area contributed by atoms with E-state index in [1.54, 1.807) is 0 Å². The smallest absolute Gasteiger partial charge is 0.334 e. The molecule has 1 aliphatic rings. The normalized spacial score (nSPS) is 26.0. The third-order valence-corrected chi connectivity index (χ3v) is 3.01. The largest absolute Gasteiger partial charge is 0.479 e. The Balaban J connectivity index is 2.22. The Morgan fingerprint density at radius 2 is 2.12 bits per heavy atom. The highest BCUT2D eigenvalue weighted by Crippen LogP contribution is 2.23. The number of aliphatic carboxylic acids is 1. The van der Waals surface area contributed by atoms with Crippen LogP contribution in [0.3, 0.4) is 0 Å². The molecule has 0 bridgehead atoms. The van der Waals surface area contributed by atoms with Gasteiger partial charge in [-0.1, -0.05) is 19.8 Å². The van der Waals surface area contributed by atoms with Gasteiger partial charge in [-0.05, 0) is 18.8 Å². The second kappa shape index (κ2) is 6.44. The summed E-state index contributed by atoms with van der Waals surface area (Å²) in [6.07, 6.45) is 2.65. The molecule has 0 aromatic heterocycles. The number of urea groups is 1. The third kappa shape index (κ3) is 5.04. The van der Waals surface area contributed by atoms with Crippen LogP contribution < -0.4 is 10.6 Å². The molecule has 0 aliphatic heterocycles. The fourth-order valence-electron chi connectivity index (χ4n) is 2.08. The Morgan fingerprint density at radius 1 is 1.41 bits per heavy atom. The van der Waals surface area contributed by atoms with Gasteiger partial charge in [0.1, 0.15) is 0 Å². The number of carboxylic acid groups (broad SMARTS) is 1. The van der Waals surface area contributed by atoms with Gasteiger partial charge >= 0.3 is 12.0 Å². The van der Waals surface area contributed by atoms with E-state index in [2.05, 4.69) is 17.6 Å². The molecule has 1 rings (SSSR count). The lowest BCUT2D eigenvalue weighted by atomic mass is 9.87. The molecule has 3 atom stereocenters. The lowest BCUT2D eigenvalue weighted by Crippen LogP contribution is -2.46. The Morgan fingerprint density at radius 3 is 2.71 bits per heavy atom. The average molecular weight is 244 g/mol. The fraction of sp³-hybridized carbons (Fsp3) is 0.818. The number of hydrogen-bond acceptors (Lipinski definition) is 3. The average Bonchev–Trinajstić information content (AvgIpc) is 2.25. The quantitative estimate of drug-likeness (QED) is 0.572. The predicted molar refractivity (Wildman–Crippen MR) is 61.6 cm³/mol. The highest BCUT2D eigenvalue weighted by Gasteiger charge is 2.21. The van der Waals surface area contributed by atoms with Crippen molar-refractivity contribution >= 4 is 12.0 Å². The zero-order valence-corrected chi connectivity index (χ0v) is 9.98. The van der Waals surface area contributed by atoms with Gasteiger partial charge in [-0.3, -0.25) is 0 Å². The van der Waals surface area contributed by atoms with Crippen LogP contribution in [0.15, 0.2) is 0 Å². The summed E-state index contributed by atoms with van der Waals surface area (Å²) < 4.78 is 0. The lowest BCUT2D eigenvalue weighted by Gasteiger charge is -2.27. The Bertz CT molecular complexity index is 283. The SMILES string of the molecule is CC1CCCC(NC(=O)NCC(O)C(=O)O)C1. The van der Waals surface area contributed by atoms with Crippen molar-refractivity contribution in [3.05, 3.63) is 0 Å². The van der Waals surface area contributed by atoms with Crippen LogP contribution in [0.4, 0.5) is 4.79 Å². The topological polar surface area (TPSA) is 98.7 Å². The van der Waals surface area contributed by atoms with Gasteiger partial charge in [0.05, 0.1) is 6.54 Å². The Kier molecular flexibility index (Phi) is 5.21. The molecule has 0 aromatic carbocycles. The van der Waals surface area contributed by atoms with E-state index in [0.29, 0.717) is 5.92 Å². The third-order valence-electron chi connectivity index (χ3n) is 3.01. The summed E-state index contributed by atoms with van der Waals surface area (Å²) in [4.78, 5) is 21.7. The van der Waals surface area contributed by atoms with Gasteiger partial charge in [-0.2, -0.15) is 0 Å². The van der Waals surface area contributed by atoms with Crippen molar-refractivity contribution in [2.75, 3.05) is 6.54 Å². The molecule has 1 saturated carbocycles. The molecule has 0 aromatic rings. The number of aliphatic hydroxyl groups excluding tert-OH is 1. The number of aliphatic hydroxyl groups is 1. The first-order valence-electron chi connectivity index (χ1n) is 5.94. The first-order valence-corrected chi connectivity index (χ1v) is 5.94. The van der Waals surface area contributed by atoms with Crippen molar-refractivity contribution in [1.82, 2.24) is 10.6 Å². The molecule has 6 heteroatoms. The minimum Gasteiger partial charge on any atom is -0.479 e.